The minimum absolute atomic E-state index is 0.763. The topological polar surface area (TPSA) is 66.7 Å². The van der Waals surface area contributed by atoms with Crippen LogP contribution in [0.25, 0.3) is 10.9 Å². The van der Waals surface area contributed by atoms with Gasteiger partial charge in [0.1, 0.15) is 0 Å². The van der Waals surface area contributed by atoms with Crippen LogP contribution in [-0.4, -0.2) is 16.7 Å². The van der Waals surface area contributed by atoms with E-state index < -0.39 is 0 Å². The van der Waals surface area contributed by atoms with Crippen LogP contribution in [0.1, 0.15) is 12.0 Å². The van der Waals surface area contributed by atoms with Crippen molar-refractivity contribution < 1.29 is 0 Å². The average molecular weight is 266 g/mol. The number of fused-ring (bicyclic) bond motifs is 1. The van der Waals surface area contributed by atoms with E-state index in [0.717, 1.165) is 41.7 Å². The highest BCUT2D eigenvalue weighted by atomic mass is 15.1. The van der Waals surface area contributed by atoms with Gasteiger partial charge in [0.15, 0.2) is 0 Å². The van der Waals surface area contributed by atoms with E-state index in [0.29, 0.717) is 0 Å². The molecule has 0 bridgehead atoms. The van der Waals surface area contributed by atoms with E-state index in [9.17, 15) is 0 Å². The van der Waals surface area contributed by atoms with Gasteiger partial charge < -0.3 is 11.1 Å². The molecule has 0 fully saturated rings. The van der Waals surface area contributed by atoms with Crippen molar-refractivity contribution in [2.75, 3.05) is 17.6 Å². The molecule has 1 aromatic heterocycles. The van der Waals surface area contributed by atoms with E-state index in [2.05, 4.69) is 39.8 Å². The van der Waals surface area contributed by atoms with Gasteiger partial charge in [-0.1, -0.05) is 30.3 Å². The second kappa shape index (κ2) is 5.65. The molecule has 0 unspecified atom stereocenters. The molecular weight excluding hydrogens is 248 g/mol. The van der Waals surface area contributed by atoms with Crippen molar-refractivity contribution in [3.8, 4) is 0 Å². The van der Waals surface area contributed by atoms with Gasteiger partial charge in [-0.2, -0.15) is 5.10 Å². The highest BCUT2D eigenvalue weighted by Crippen LogP contribution is 2.24. The molecule has 102 valence electrons. The lowest BCUT2D eigenvalue weighted by atomic mass is 10.1. The number of nitrogen functional groups attached to an aromatic ring is 1. The van der Waals surface area contributed by atoms with Crippen LogP contribution in [0, 0.1) is 0 Å². The summed E-state index contributed by atoms with van der Waals surface area (Å²) in [7, 11) is 0. The summed E-state index contributed by atoms with van der Waals surface area (Å²) in [5, 5.41) is 11.4. The molecule has 0 atom stereocenters. The molecule has 20 heavy (non-hydrogen) atoms. The molecule has 4 nitrogen and oxygen atoms in total. The molecule has 0 aliphatic carbocycles. The van der Waals surface area contributed by atoms with E-state index in [-0.39, 0.29) is 0 Å². The van der Waals surface area contributed by atoms with Gasteiger partial charge in [0.05, 0.1) is 23.1 Å². The van der Waals surface area contributed by atoms with Gasteiger partial charge in [-0.15, -0.1) is 0 Å². The normalized spacial score (nSPS) is 10.8. The maximum atomic E-state index is 6.04. The number of aromatic amines is 1. The van der Waals surface area contributed by atoms with E-state index in [1.807, 2.05) is 18.2 Å². The summed E-state index contributed by atoms with van der Waals surface area (Å²) < 4.78 is 0. The van der Waals surface area contributed by atoms with Crippen LogP contribution >= 0.6 is 0 Å². The van der Waals surface area contributed by atoms with Crippen LogP contribution in [-0.2, 0) is 6.42 Å². The molecule has 4 heteroatoms. The Kier molecular flexibility index (Phi) is 3.54. The fraction of sp³-hybridized carbons (Fsp3) is 0.188. The lowest BCUT2D eigenvalue weighted by Gasteiger charge is -2.09. The van der Waals surface area contributed by atoms with Gasteiger partial charge in [0, 0.05) is 11.9 Å². The minimum Gasteiger partial charge on any atom is -0.397 e. The zero-order chi connectivity index (χ0) is 13.8. The average Bonchev–Trinajstić information content (AvgIpc) is 2.91. The van der Waals surface area contributed by atoms with Crippen molar-refractivity contribution in [1.82, 2.24) is 10.2 Å². The number of nitrogens with one attached hydrogen (secondary N) is 2. The number of hydrogen-bond acceptors (Lipinski definition) is 3. The number of hydrogen-bond donors (Lipinski definition) is 3. The van der Waals surface area contributed by atoms with Crippen LogP contribution in [0.2, 0.25) is 0 Å². The van der Waals surface area contributed by atoms with Gasteiger partial charge in [0.25, 0.3) is 0 Å². The summed E-state index contributed by atoms with van der Waals surface area (Å²) in [6, 6.07) is 14.5. The third-order valence-corrected chi connectivity index (χ3v) is 3.41. The van der Waals surface area contributed by atoms with Crippen LogP contribution in [0.15, 0.2) is 48.7 Å². The summed E-state index contributed by atoms with van der Waals surface area (Å²) in [5.41, 5.74) is 10.1. The van der Waals surface area contributed by atoms with Gasteiger partial charge in [-0.3, -0.25) is 5.10 Å². The molecule has 0 amide bonds. The molecule has 0 spiro atoms. The molecular formula is C16H18N4. The van der Waals surface area contributed by atoms with Crippen LogP contribution < -0.4 is 11.1 Å². The Labute approximate surface area is 118 Å². The largest absolute Gasteiger partial charge is 0.397 e. The van der Waals surface area contributed by atoms with Crippen molar-refractivity contribution in [2.45, 2.75) is 12.8 Å². The van der Waals surface area contributed by atoms with Crippen molar-refractivity contribution in [2.24, 2.45) is 0 Å². The standard InChI is InChI=1S/C16H18N4/c17-14-9-13-11-19-20-15(13)10-16(14)18-8-4-7-12-5-2-1-3-6-12/h1-3,5-6,9-11,18H,4,7-8,17H2,(H,19,20). The quantitative estimate of drug-likeness (QED) is 0.491. The van der Waals surface area contributed by atoms with E-state index in [4.69, 9.17) is 5.73 Å². The number of aromatic nitrogens is 2. The van der Waals surface area contributed by atoms with E-state index in [1.165, 1.54) is 5.56 Å². The Balaban J connectivity index is 1.58. The lowest BCUT2D eigenvalue weighted by molar-refractivity contribution is 0.863. The first-order valence-electron chi connectivity index (χ1n) is 6.83. The molecule has 3 aromatic rings. The van der Waals surface area contributed by atoms with Gasteiger partial charge in [0.2, 0.25) is 0 Å². The van der Waals surface area contributed by atoms with Crippen molar-refractivity contribution in [3.63, 3.8) is 0 Å². The fourth-order valence-electron chi connectivity index (χ4n) is 2.32. The summed E-state index contributed by atoms with van der Waals surface area (Å²) in [5.74, 6) is 0. The Hall–Kier alpha value is -2.49. The SMILES string of the molecule is Nc1cc2cn[nH]c2cc1NCCCc1ccccc1. The summed E-state index contributed by atoms with van der Waals surface area (Å²) in [4.78, 5) is 0. The van der Waals surface area contributed by atoms with Crippen molar-refractivity contribution >= 4 is 22.3 Å². The number of benzene rings is 2. The molecule has 0 radical (unpaired) electrons. The van der Waals surface area contributed by atoms with E-state index in [1.54, 1.807) is 6.20 Å². The highest BCUT2D eigenvalue weighted by Gasteiger charge is 2.03. The van der Waals surface area contributed by atoms with Gasteiger partial charge in [-0.25, -0.2) is 0 Å². The summed E-state index contributed by atoms with van der Waals surface area (Å²) in [6.07, 6.45) is 3.93. The van der Waals surface area contributed by atoms with Crippen LogP contribution in [0.4, 0.5) is 11.4 Å². The molecule has 2 aromatic carbocycles. The van der Waals surface area contributed by atoms with Crippen LogP contribution in [0.3, 0.4) is 0 Å². The first-order valence-corrected chi connectivity index (χ1v) is 6.83. The van der Waals surface area contributed by atoms with Crippen molar-refractivity contribution in [1.29, 1.82) is 0 Å². The Morgan fingerprint density at radius 1 is 1.15 bits per heavy atom. The molecule has 0 saturated carbocycles. The Bertz CT molecular complexity index is 688. The number of anilines is 2. The molecule has 0 saturated heterocycles. The number of H-pyrrole nitrogens is 1. The number of aryl methyl sites for hydroxylation is 1. The number of rotatable bonds is 5. The van der Waals surface area contributed by atoms with Gasteiger partial charge >= 0.3 is 0 Å². The lowest BCUT2D eigenvalue weighted by Crippen LogP contribution is -2.05. The summed E-state index contributed by atoms with van der Waals surface area (Å²) >= 11 is 0. The predicted octanol–water partition coefficient (Wildman–Crippen LogP) is 3.19. The maximum Gasteiger partial charge on any atom is 0.0672 e. The second-order valence-electron chi connectivity index (χ2n) is 4.91. The second-order valence-corrected chi connectivity index (χ2v) is 4.91. The van der Waals surface area contributed by atoms with Gasteiger partial charge in [-0.05, 0) is 30.5 Å². The fourth-order valence-corrected chi connectivity index (χ4v) is 2.32. The zero-order valence-electron chi connectivity index (χ0n) is 11.3. The third-order valence-electron chi connectivity index (χ3n) is 3.41. The highest BCUT2D eigenvalue weighted by molar-refractivity contribution is 5.88. The predicted molar refractivity (Wildman–Crippen MR) is 83.8 cm³/mol. The Morgan fingerprint density at radius 2 is 2.00 bits per heavy atom. The molecule has 0 aliphatic heterocycles. The van der Waals surface area contributed by atoms with Crippen LogP contribution in [0.5, 0.6) is 0 Å². The monoisotopic (exact) mass is 266 g/mol. The first kappa shape index (κ1) is 12.5. The number of nitrogens with zero attached hydrogens (tertiary/aromatic N) is 1. The Morgan fingerprint density at radius 3 is 2.85 bits per heavy atom. The molecule has 4 N–H and O–H groups in total. The molecule has 0 aliphatic rings. The number of nitrogens with two attached hydrogens (primary N) is 1. The third kappa shape index (κ3) is 2.74. The first-order chi connectivity index (χ1) is 9.83. The smallest absolute Gasteiger partial charge is 0.0672 e. The zero-order valence-corrected chi connectivity index (χ0v) is 11.3. The summed E-state index contributed by atoms with van der Waals surface area (Å²) in [6.45, 7) is 0.902. The molecule has 1 heterocycles. The molecule has 3 rings (SSSR count). The van der Waals surface area contributed by atoms with E-state index >= 15 is 0 Å². The minimum atomic E-state index is 0.763. The van der Waals surface area contributed by atoms with Crippen molar-refractivity contribution in [3.05, 3.63) is 54.2 Å². The maximum absolute atomic E-state index is 6.04.